The molecule has 2 aromatic heterocycles. The smallest absolute Gasteiger partial charge is 0.185 e. The number of nitrogens with zero attached hydrogens (tertiary/aromatic N) is 4. The predicted molar refractivity (Wildman–Crippen MR) is 111 cm³/mol. The Morgan fingerprint density at radius 3 is 2.69 bits per heavy atom. The largest absolute Gasteiger partial charge is 0.489 e. The quantitative estimate of drug-likeness (QED) is 0.495. The van der Waals surface area contributed by atoms with E-state index in [1.165, 1.54) is 11.3 Å². The zero-order valence-electron chi connectivity index (χ0n) is 15.2. The van der Waals surface area contributed by atoms with Crippen LogP contribution in [0, 0.1) is 0 Å². The van der Waals surface area contributed by atoms with Crippen molar-refractivity contribution in [2.75, 3.05) is 18.1 Å². The zero-order valence-corrected chi connectivity index (χ0v) is 16.9. The number of thiazole rings is 1. The van der Waals surface area contributed by atoms with E-state index in [1.54, 1.807) is 42.2 Å². The molecule has 0 atom stereocenters. The van der Waals surface area contributed by atoms with E-state index >= 15 is 0 Å². The van der Waals surface area contributed by atoms with E-state index in [4.69, 9.17) is 4.74 Å². The molecule has 0 amide bonds. The van der Waals surface area contributed by atoms with E-state index in [0.717, 1.165) is 22.4 Å². The lowest BCUT2D eigenvalue weighted by Crippen LogP contribution is -2.28. The fourth-order valence-corrected chi connectivity index (χ4v) is 5.62. The number of anilines is 2. The van der Waals surface area contributed by atoms with Crippen LogP contribution in [0.15, 0.2) is 65.3 Å². The molecule has 4 aromatic rings. The molecule has 0 radical (unpaired) electrons. The molecular weight excluding hydrogens is 408 g/mol. The third-order valence-corrected chi connectivity index (χ3v) is 7.30. The molecule has 0 bridgehead atoms. The second-order valence-electron chi connectivity index (χ2n) is 6.54. The zero-order chi connectivity index (χ0) is 19.8. The Morgan fingerprint density at radius 2 is 1.86 bits per heavy atom. The molecule has 0 aliphatic carbocycles. The summed E-state index contributed by atoms with van der Waals surface area (Å²) in [5.74, 6) is 0.437. The van der Waals surface area contributed by atoms with Crippen LogP contribution in [-0.2, 0) is 15.6 Å². The number of sulfone groups is 1. The molecule has 5 rings (SSSR count). The molecule has 0 spiro atoms. The van der Waals surface area contributed by atoms with Gasteiger partial charge in [0.25, 0.3) is 0 Å². The maximum absolute atomic E-state index is 12.8. The van der Waals surface area contributed by atoms with E-state index in [-0.39, 0.29) is 10.6 Å². The van der Waals surface area contributed by atoms with Gasteiger partial charge in [0.2, 0.25) is 0 Å². The molecule has 29 heavy (non-hydrogen) atoms. The third-order valence-electron chi connectivity index (χ3n) is 4.72. The van der Waals surface area contributed by atoms with Crippen LogP contribution in [0.2, 0.25) is 0 Å². The Bertz CT molecular complexity index is 1290. The monoisotopic (exact) mass is 424 g/mol. The van der Waals surface area contributed by atoms with Gasteiger partial charge in [-0.05, 0) is 30.3 Å². The summed E-state index contributed by atoms with van der Waals surface area (Å²) in [6, 6.07) is 10.9. The summed E-state index contributed by atoms with van der Waals surface area (Å²) >= 11 is 1.33. The van der Waals surface area contributed by atoms with Gasteiger partial charge in [-0.25, -0.2) is 13.4 Å². The molecule has 9 heteroatoms. The maximum atomic E-state index is 12.8. The van der Waals surface area contributed by atoms with Crippen LogP contribution in [0.25, 0.3) is 11.0 Å². The maximum Gasteiger partial charge on any atom is 0.185 e. The number of rotatable bonds is 4. The van der Waals surface area contributed by atoms with Crippen molar-refractivity contribution in [3.63, 3.8) is 0 Å². The number of fused-ring (bicyclic) bond motifs is 2. The van der Waals surface area contributed by atoms with Crippen LogP contribution in [-0.4, -0.2) is 36.5 Å². The van der Waals surface area contributed by atoms with Crippen molar-refractivity contribution in [1.29, 1.82) is 0 Å². The number of ether oxygens (including phenoxy) is 1. The van der Waals surface area contributed by atoms with Crippen LogP contribution in [0.4, 0.5) is 11.4 Å². The van der Waals surface area contributed by atoms with Gasteiger partial charge in [-0.3, -0.25) is 9.97 Å². The lowest BCUT2D eigenvalue weighted by molar-refractivity contribution is 0.313. The molecule has 1 aliphatic heterocycles. The Hall–Kier alpha value is -3.04. The Morgan fingerprint density at radius 1 is 1.00 bits per heavy atom. The second kappa shape index (κ2) is 7.09. The predicted octanol–water partition coefficient (Wildman–Crippen LogP) is 3.59. The number of benzene rings is 2. The first-order chi connectivity index (χ1) is 14.1. The normalized spacial score (nSPS) is 13.9. The molecule has 3 heterocycles. The lowest BCUT2D eigenvalue weighted by atomic mass is 10.2. The first-order valence-corrected chi connectivity index (χ1v) is 11.5. The minimum absolute atomic E-state index is 0.115. The van der Waals surface area contributed by atoms with Crippen LogP contribution < -0.4 is 9.64 Å². The summed E-state index contributed by atoms with van der Waals surface area (Å²) in [6.07, 6.45) is 4.94. The summed E-state index contributed by atoms with van der Waals surface area (Å²) in [4.78, 5) is 15.1. The third kappa shape index (κ3) is 3.43. The average Bonchev–Trinajstić information content (AvgIpc) is 3.25. The fourth-order valence-electron chi connectivity index (χ4n) is 3.35. The molecule has 0 saturated heterocycles. The van der Waals surface area contributed by atoms with Crippen LogP contribution >= 0.6 is 11.3 Å². The minimum atomic E-state index is -3.50. The summed E-state index contributed by atoms with van der Waals surface area (Å²) in [5, 5.41) is 2.34. The van der Waals surface area contributed by atoms with Gasteiger partial charge in [0.05, 0.1) is 28.2 Å². The van der Waals surface area contributed by atoms with Crippen molar-refractivity contribution < 1.29 is 13.2 Å². The van der Waals surface area contributed by atoms with Gasteiger partial charge >= 0.3 is 0 Å². The second-order valence-corrected chi connectivity index (χ2v) is 9.51. The first-order valence-electron chi connectivity index (χ1n) is 8.96. The standard InChI is InChI=1S/C20H16N4O3S2/c25-29(26,13-20-23-7-10-28-20)15-2-4-18-19(12-15)27-9-8-24(18)14-1-3-16-17(11-14)22-6-5-21-16/h1-7,10-12H,8-9,13H2. The van der Waals surface area contributed by atoms with E-state index in [0.29, 0.717) is 23.9 Å². The summed E-state index contributed by atoms with van der Waals surface area (Å²) in [7, 11) is -3.50. The number of aromatic nitrogens is 3. The van der Waals surface area contributed by atoms with Crippen molar-refractivity contribution >= 4 is 43.6 Å². The van der Waals surface area contributed by atoms with E-state index in [9.17, 15) is 8.42 Å². The summed E-state index contributed by atoms with van der Waals surface area (Å²) in [6.45, 7) is 1.12. The van der Waals surface area contributed by atoms with Crippen LogP contribution in [0.5, 0.6) is 5.75 Å². The van der Waals surface area contributed by atoms with Crippen molar-refractivity contribution in [1.82, 2.24) is 15.0 Å². The number of hydrogen-bond acceptors (Lipinski definition) is 8. The Kier molecular flexibility index (Phi) is 4.40. The van der Waals surface area contributed by atoms with Crippen molar-refractivity contribution in [3.8, 4) is 5.75 Å². The van der Waals surface area contributed by atoms with E-state index < -0.39 is 9.84 Å². The highest BCUT2D eigenvalue weighted by atomic mass is 32.2. The van der Waals surface area contributed by atoms with Crippen molar-refractivity contribution in [2.24, 2.45) is 0 Å². The molecule has 7 nitrogen and oxygen atoms in total. The molecule has 146 valence electrons. The molecule has 0 fully saturated rings. The van der Waals surface area contributed by atoms with Gasteiger partial charge in [-0.2, -0.15) is 0 Å². The van der Waals surface area contributed by atoms with Crippen molar-refractivity contribution in [3.05, 3.63) is 65.4 Å². The van der Waals surface area contributed by atoms with Gasteiger partial charge < -0.3 is 9.64 Å². The molecule has 0 unspecified atom stereocenters. The number of hydrogen-bond donors (Lipinski definition) is 0. The van der Waals surface area contributed by atoms with Gasteiger partial charge in [0.15, 0.2) is 9.84 Å². The highest BCUT2D eigenvalue weighted by Crippen LogP contribution is 2.39. The first kappa shape index (κ1) is 18.0. The van der Waals surface area contributed by atoms with E-state index in [1.807, 2.05) is 18.2 Å². The van der Waals surface area contributed by atoms with Crippen molar-refractivity contribution in [2.45, 2.75) is 10.6 Å². The molecule has 0 N–H and O–H groups in total. The van der Waals surface area contributed by atoms with Crippen LogP contribution in [0.1, 0.15) is 5.01 Å². The van der Waals surface area contributed by atoms with Gasteiger partial charge in [-0.1, -0.05) is 0 Å². The van der Waals surface area contributed by atoms with Gasteiger partial charge in [0.1, 0.15) is 23.1 Å². The molecule has 0 saturated carbocycles. The van der Waals surface area contributed by atoms with Crippen LogP contribution in [0.3, 0.4) is 0 Å². The molecule has 1 aliphatic rings. The fraction of sp³-hybridized carbons (Fsp3) is 0.150. The topological polar surface area (TPSA) is 85.3 Å². The summed E-state index contributed by atoms with van der Waals surface area (Å²) < 4.78 is 31.3. The summed E-state index contributed by atoms with van der Waals surface area (Å²) in [5.41, 5.74) is 3.42. The molecule has 2 aromatic carbocycles. The average molecular weight is 425 g/mol. The SMILES string of the molecule is O=S(=O)(Cc1nccs1)c1ccc2c(c1)OCCN2c1ccc2nccnc2c1. The molecular formula is C20H16N4O3S2. The Labute approximate surface area is 171 Å². The van der Waals surface area contributed by atoms with Gasteiger partial charge in [-0.15, -0.1) is 11.3 Å². The minimum Gasteiger partial charge on any atom is -0.489 e. The lowest BCUT2D eigenvalue weighted by Gasteiger charge is -2.31. The highest BCUT2D eigenvalue weighted by molar-refractivity contribution is 7.90. The Balaban J connectivity index is 1.50. The van der Waals surface area contributed by atoms with Gasteiger partial charge in [0, 0.05) is 35.7 Å². The highest BCUT2D eigenvalue weighted by Gasteiger charge is 2.24. The van der Waals surface area contributed by atoms with E-state index in [2.05, 4.69) is 19.9 Å².